The van der Waals surface area contributed by atoms with E-state index >= 15 is 0 Å². The fourth-order valence-corrected chi connectivity index (χ4v) is 2.10. The van der Waals surface area contributed by atoms with Crippen LogP contribution in [0.3, 0.4) is 0 Å². The molecule has 0 aromatic heterocycles. The van der Waals surface area contributed by atoms with Crippen LogP contribution >= 0.6 is 0 Å². The summed E-state index contributed by atoms with van der Waals surface area (Å²) in [6, 6.07) is 0. The zero-order chi connectivity index (χ0) is 14.4. The first kappa shape index (κ1) is 15.2. The lowest BCUT2D eigenvalue weighted by Gasteiger charge is -2.26. The van der Waals surface area contributed by atoms with Gasteiger partial charge in [0.2, 0.25) is 0 Å². The summed E-state index contributed by atoms with van der Waals surface area (Å²) in [4.78, 5) is 34.1. The van der Waals surface area contributed by atoms with E-state index in [1.165, 1.54) is 21.1 Å². The van der Waals surface area contributed by atoms with Gasteiger partial charge in [-0.05, 0) is 18.9 Å². The van der Waals surface area contributed by atoms with Crippen molar-refractivity contribution in [1.29, 1.82) is 0 Å². The third-order valence-corrected chi connectivity index (χ3v) is 3.01. The lowest BCUT2D eigenvalue weighted by Crippen LogP contribution is -2.34. The highest BCUT2D eigenvalue weighted by atomic mass is 16.5. The average molecular weight is 270 g/mol. The Morgan fingerprint density at radius 1 is 1.05 bits per heavy atom. The molecule has 6 nitrogen and oxygen atoms in total. The molecule has 6 heteroatoms. The third-order valence-electron chi connectivity index (χ3n) is 3.01. The largest absolute Gasteiger partial charge is 0.468 e. The molecule has 2 atom stereocenters. The van der Waals surface area contributed by atoms with E-state index in [9.17, 15) is 14.4 Å². The molecule has 0 aromatic rings. The Labute approximate surface area is 111 Å². The highest BCUT2D eigenvalue weighted by Gasteiger charge is 2.37. The van der Waals surface area contributed by atoms with Gasteiger partial charge in [-0.1, -0.05) is 6.08 Å². The van der Waals surface area contributed by atoms with Gasteiger partial charge in [-0.3, -0.25) is 14.4 Å². The first-order valence-corrected chi connectivity index (χ1v) is 6.00. The summed E-state index contributed by atoms with van der Waals surface area (Å²) in [6.07, 6.45) is 4.20. The van der Waals surface area contributed by atoms with Gasteiger partial charge in [0.25, 0.3) is 0 Å². The number of methoxy groups -OCH3 is 2. The van der Waals surface area contributed by atoms with Crippen molar-refractivity contribution in [3.63, 3.8) is 0 Å². The molecule has 0 saturated carbocycles. The van der Waals surface area contributed by atoms with Crippen molar-refractivity contribution >= 4 is 17.9 Å². The second-order valence-corrected chi connectivity index (χ2v) is 4.30. The number of hydrogen-bond donors (Lipinski definition) is 0. The number of carbonyl (C=O) groups is 3. The van der Waals surface area contributed by atoms with Crippen molar-refractivity contribution < 1.29 is 28.6 Å². The summed E-state index contributed by atoms with van der Waals surface area (Å²) in [5.41, 5.74) is 0. The van der Waals surface area contributed by atoms with Crippen molar-refractivity contribution in [3.8, 4) is 0 Å². The number of hydrogen-bond acceptors (Lipinski definition) is 6. The van der Waals surface area contributed by atoms with Crippen molar-refractivity contribution in [2.24, 2.45) is 11.8 Å². The molecule has 0 amide bonds. The fourth-order valence-electron chi connectivity index (χ4n) is 2.10. The Morgan fingerprint density at radius 3 is 2.00 bits per heavy atom. The van der Waals surface area contributed by atoms with Crippen LogP contribution in [0.4, 0.5) is 0 Å². The molecule has 19 heavy (non-hydrogen) atoms. The van der Waals surface area contributed by atoms with Crippen molar-refractivity contribution in [3.05, 3.63) is 12.2 Å². The smallest absolute Gasteiger partial charge is 0.320 e. The molecule has 1 rings (SSSR count). The van der Waals surface area contributed by atoms with Gasteiger partial charge in [0.15, 0.2) is 5.92 Å². The van der Waals surface area contributed by atoms with E-state index < -0.39 is 17.9 Å². The summed E-state index contributed by atoms with van der Waals surface area (Å²) in [5, 5.41) is 0. The van der Waals surface area contributed by atoms with Crippen molar-refractivity contribution in [2.45, 2.75) is 25.9 Å². The highest BCUT2D eigenvalue weighted by Crippen LogP contribution is 2.28. The predicted molar refractivity (Wildman–Crippen MR) is 64.9 cm³/mol. The van der Waals surface area contributed by atoms with Crippen LogP contribution in [0.5, 0.6) is 0 Å². The van der Waals surface area contributed by atoms with Crippen LogP contribution in [0.25, 0.3) is 0 Å². The molecule has 0 heterocycles. The maximum atomic E-state index is 11.6. The second-order valence-electron chi connectivity index (χ2n) is 4.30. The van der Waals surface area contributed by atoms with Crippen LogP contribution in [0.1, 0.15) is 19.8 Å². The topological polar surface area (TPSA) is 78.9 Å². The zero-order valence-electron chi connectivity index (χ0n) is 11.3. The second kappa shape index (κ2) is 6.92. The summed E-state index contributed by atoms with van der Waals surface area (Å²) >= 11 is 0. The van der Waals surface area contributed by atoms with Gasteiger partial charge in [0.1, 0.15) is 6.10 Å². The number of allylic oxidation sites excluding steroid dienone is 1. The summed E-state index contributed by atoms with van der Waals surface area (Å²) < 4.78 is 14.3. The monoisotopic (exact) mass is 270 g/mol. The molecule has 0 aromatic carbocycles. The van der Waals surface area contributed by atoms with Crippen LogP contribution in [0.2, 0.25) is 0 Å². The summed E-state index contributed by atoms with van der Waals surface area (Å²) in [5.74, 6) is -2.86. The normalized spacial score (nSPS) is 21.9. The average Bonchev–Trinajstić information content (AvgIpc) is 2.39. The molecule has 0 spiro atoms. The van der Waals surface area contributed by atoms with Gasteiger partial charge in [0, 0.05) is 12.8 Å². The van der Waals surface area contributed by atoms with E-state index in [4.69, 9.17) is 4.74 Å². The van der Waals surface area contributed by atoms with E-state index in [1.54, 1.807) is 12.2 Å². The number of ether oxygens (including phenoxy) is 3. The first-order valence-electron chi connectivity index (χ1n) is 6.00. The molecule has 0 bridgehead atoms. The quantitative estimate of drug-likeness (QED) is 0.326. The number of rotatable bonds is 4. The molecular formula is C13H18O6. The van der Waals surface area contributed by atoms with E-state index in [-0.39, 0.29) is 18.0 Å². The zero-order valence-corrected chi connectivity index (χ0v) is 11.3. The first-order chi connectivity index (χ1) is 8.99. The third kappa shape index (κ3) is 4.08. The standard InChI is InChI=1S/C13H18O6/c1-8(14)19-10-6-4-9(5-7-10)11(12(15)17-2)13(16)18-3/h4,6,9-11H,5,7H2,1-3H3/t9-,10-/m1/s1. The van der Waals surface area contributed by atoms with Gasteiger partial charge in [0.05, 0.1) is 14.2 Å². The maximum absolute atomic E-state index is 11.6. The minimum Gasteiger partial charge on any atom is -0.468 e. The summed E-state index contributed by atoms with van der Waals surface area (Å²) in [7, 11) is 2.46. The minimum atomic E-state index is -0.968. The van der Waals surface area contributed by atoms with E-state index in [1.807, 2.05) is 0 Å². The highest BCUT2D eigenvalue weighted by molar-refractivity contribution is 5.95. The number of esters is 3. The van der Waals surface area contributed by atoms with Gasteiger partial charge in [-0.2, -0.15) is 0 Å². The molecule has 1 aliphatic carbocycles. The van der Waals surface area contributed by atoms with Crippen LogP contribution in [0, 0.1) is 11.8 Å². The van der Waals surface area contributed by atoms with Gasteiger partial charge in [-0.25, -0.2) is 0 Å². The van der Waals surface area contributed by atoms with Crippen molar-refractivity contribution in [1.82, 2.24) is 0 Å². The van der Waals surface area contributed by atoms with Gasteiger partial charge < -0.3 is 14.2 Å². The molecule has 0 aliphatic heterocycles. The predicted octanol–water partition coefficient (Wildman–Crippen LogP) is 0.846. The van der Waals surface area contributed by atoms with Crippen LogP contribution < -0.4 is 0 Å². The van der Waals surface area contributed by atoms with E-state index in [2.05, 4.69) is 9.47 Å². The maximum Gasteiger partial charge on any atom is 0.320 e. The Hall–Kier alpha value is -1.85. The molecule has 0 fully saturated rings. The fraction of sp³-hybridized carbons (Fsp3) is 0.615. The lowest BCUT2D eigenvalue weighted by molar-refractivity contribution is -0.161. The summed E-state index contributed by atoms with van der Waals surface area (Å²) in [6.45, 7) is 1.34. The SMILES string of the molecule is COC(=O)C(C(=O)OC)[C@@H]1C=C[C@@H](OC(C)=O)CC1. The molecule has 0 saturated heterocycles. The van der Waals surface area contributed by atoms with Crippen molar-refractivity contribution in [2.75, 3.05) is 14.2 Å². The molecule has 0 radical (unpaired) electrons. The molecule has 0 N–H and O–H groups in total. The van der Waals surface area contributed by atoms with E-state index in [0.717, 1.165) is 0 Å². The number of carbonyl (C=O) groups excluding carboxylic acids is 3. The van der Waals surface area contributed by atoms with Gasteiger partial charge in [-0.15, -0.1) is 0 Å². The van der Waals surface area contributed by atoms with Crippen LogP contribution in [-0.2, 0) is 28.6 Å². The van der Waals surface area contributed by atoms with E-state index in [0.29, 0.717) is 12.8 Å². The van der Waals surface area contributed by atoms with Crippen LogP contribution in [-0.4, -0.2) is 38.2 Å². The molecule has 1 aliphatic rings. The molecule has 0 unspecified atom stereocenters. The minimum absolute atomic E-state index is 0.299. The Bertz CT molecular complexity index is 371. The Morgan fingerprint density at radius 2 is 1.63 bits per heavy atom. The Balaban J connectivity index is 2.75. The van der Waals surface area contributed by atoms with Crippen LogP contribution in [0.15, 0.2) is 12.2 Å². The molecule has 106 valence electrons. The molecular weight excluding hydrogens is 252 g/mol. The van der Waals surface area contributed by atoms with Gasteiger partial charge >= 0.3 is 17.9 Å². The Kier molecular flexibility index (Phi) is 5.54. The lowest BCUT2D eigenvalue weighted by atomic mass is 9.83.